The monoisotopic (exact) mass is 261 g/mol. The maximum absolute atomic E-state index is 11.9. The fraction of sp³-hybridized carbons (Fsp3) is 0.571. The van der Waals surface area contributed by atoms with Crippen molar-refractivity contribution < 1.29 is 9.53 Å². The number of anilines is 1. The minimum Gasteiger partial charge on any atom is -0.452 e. The molecule has 2 aliphatic rings. The minimum atomic E-state index is -0.275. The molecule has 1 amide bonds. The zero-order valence-electron chi connectivity index (χ0n) is 11.4. The number of aromatic nitrogens is 1. The Bertz CT molecular complexity index is 495. The number of rotatable bonds is 0. The number of methoxy groups -OCH3 is 1. The van der Waals surface area contributed by atoms with Crippen LogP contribution in [0.3, 0.4) is 0 Å². The van der Waals surface area contributed by atoms with E-state index in [4.69, 9.17) is 4.74 Å². The van der Waals surface area contributed by atoms with Crippen LogP contribution in [0.2, 0.25) is 0 Å². The summed E-state index contributed by atoms with van der Waals surface area (Å²) < 4.78 is 4.90. The number of hydrogen-bond acceptors (Lipinski definition) is 4. The van der Waals surface area contributed by atoms with Crippen LogP contribution in [0, 0.1) is 0 Å². The molecule has 0 bridgehead atoms. The van der Waals surface area contributed by atoms with E-state index in [0.29, 0.717) is 6.54 Å². The molecule has 102 valence electrons. The van der Waals surface area contributed by atoms with Crippen molar-refractivity contribution in [2.75, 3.05) is 38.7 Å². The Morgan fingerprint density at radius 1 is 1.42 bits per heavy atom. The van der Waals surface area contributed by atoms with Crippen LogP contribution in [0.5, 0.6) is 0 Å². The molecule has 1 fully saturated rings. The summed E-state index contributed by atoms with van der Waals surface area (Å²) in [5, 5.41) is 0. The van der Waals surface area contributed by atoms with E-state index in [-0.39, 0.29) is 11.5 Å². The summed E-state index contributed by atoms with van der Waals surface area (Å²) in [5.74, 6) is 0. The number of fused-ring (bicyclic) bond motifs is 2. The lowest BCUT2D eigenvalue weighted by molar-refractivity contribution is 0.170. The number of nitrogens with zero attached hydrogens (tertiary/aromatic N) is 3. The Labute approximate surface area is 113 Å². The van der Waals surface area contributed by atoms with Crippen LogP contribution in [0.25, 0.3) is 0 Å². The lowest BCUT2D eigenvalue weighted by Gasteiger charge is -2.38. The molecule has 0 aromatic carbocycles. The lowest BCUT2D eigenvalue weighted by atomic mass is 9.75. The van der Waals surface area contributed by atoms with E-state index < -0.39 is 0 Å². The first kappa shape index (κ1) is 12.4. The molecule has 1 aromatic heterocycles. The van der Waals surface area contributed by atoms with Gasteiger partial charge >= 0.3 is 6.09 Å². The molecule has 0 aliphatic carbocycles. The van der Waals surface area contributed by atoms with Crippen LogP contribution < -0.4 is 4.90 Å². The first-order valence-electron chi connectivity index (χ1n) is 6.65. The molecule has 0 N–H and O–H groups in total. The molecule has 2 aliphatic heterocycles. The lowest BCUT2D eigenvalue weighted by Crippen LogP contribution is -2.44. The Kier molecular flexibility index (Phi) is 2.93. The number of likely N-dealkylation sites (tertiary alicyclic amines) is 1. The van der Waals surface area contributed by atoms with Gasteiger partial charge in [0.1, 0.15) is 0 Å². The maximum Gasteiger partial charge on any atom is 0.414 e. The molecule has 0 saturated carbocycles. The van der Waals surface area contributed by atoms with Gasteiger partial charge in [-0.25, -0.2) is 4.79 Å². The van der Waals surface area contributed by atoms with Crippen LogP contribution in [0.1, 0.15) is 18.4 Å². The van der Waals surface area contributed by atoms with Crippen LogP contribution in [0.4, 0.5) is 10.5 Å². The third-order valence-electron chi connectivity index (χ3n) is 4.46. The highest BCUT2D eigenvalue weighted by Gasteiger charge is 2.46. The molecule has 5 heteroatoms. The number of piperidine rings is 1. The van der Waals surface area contributed by atoms with Crippen molar-refractivity contribution in [2.24, 2.45) is 0 Å². The molecule has 19 heavy (non-hydrogen) atoms. The van der Waals surface area contributed by atoms with Crippen molar-refractivity contribution in [2.45, 2.75) is 18.3 Å². The van der Waals surface area contributed by atoms with Gasteiger partial charge in [-0.15, -0.1) is 0 Å². The van der Waals surface area contributed by atoms with Gasteiger partial charge < -0.3 is 9.64 Å². The summed E-state index contributed by atoms with van der Waals surface area (Å²) in [5.41, 5.74) is 2.23. The highest BCUT2D eigenvalue weighted by molar-refractivity contribution is 5.91. The number of carbonyl (C=O) groups excluding carboxylic acids is 1. The van der Waals surface area contributed by atoms with Crippen molar-refractivity contribution in [3.8, 4) is 0 Å². The Morgan fingerprint density at radius 3 is 2.84 bits per heavy atom. The van der Waals surface area contributed by atoms with Crippen molar-refractivity contribution >= 4 is 11.8 Å². The van der Waals surface area contributed by atoms with Crippen LogP contribution in [-0.2, 0) is 10.2 Å². The summed E-state index contributed by atoms with van der Waals surface area (Å²) in [6, 6.07) is 1.92. The van der Waals surface area contributed by atoms with E-state index >= 15 is 0 Å². The molecule has 3 heterocycles. The topological polar surface area (TPSA) is 45.7 Å². The SMILES string of the molecule is COC(=O)N1CC2(CCN(C)CC2)c2cnccc21. The van der Waals surface area contributed by atoms with E-state index in [1.807, 2.05) is 12.3 Å². The predicted molar refractivity (Wildman–Crippen MR) is 72.4 cm³/mol. The Balaban J connectivity index is 1.99. The second-order valence-corrected chi connectivity index (χ2v) is 5.53. The molecule has 1 saturated heterocycles. The van der Waals surface area contributed by atoms with Crippen LogP contribution in [-0.4, -0.2) is 49.8 Å². The summed E-state index contributed by atoms with van der Waals surface area (Å²) in [6.07, 6.45) is 5.51. The van der Waals surface area contributed by atoms with E-state index in [1.54, 1.807) is 11.1 Å². The van der Waals surface area contributed by atoms with Gasteiger partial charge in [0, 0.05) is 29.9 Å². The zero-order chi connectivity index (χ0) is 13.5. The number of ether oxygens (including phenoxy) is 1. The number of carbonyl (C=O) groups is 1. The zero-order valence-corrected chi connectivity index (χ0v) is 11.4. The van der Waals surface area contributed by atoms with Gasteiger partial charge in [-0.2, -0.15) is 0 Å². The average Bonchev–Trinajstić information content (AvgIpc) is 2.77. The van der Waals surface area contributed by atoms with E-state index in [0.717, 1.165) is 31.6 Å². The van der Waals surface area contributed by atoms with Gasteiger partial charge in [-0.3, -0.25) is 9.88 Å². The maximum atomic E-state index is 11.9. The van der Waals surface area contributed by atoms with E-state index in [9.17, 15) is 4.79 Å². The summed E-state index contributed by atoms with van der Waals surface area (Å²) >= 11 is 0. The predicted octanol–water partition coefficient (Wildman–Crippen LogP) is 1.63. The molecule has 5 nitrogen and oxygen atoms in total. The van der Waals surface area contributed by atoms with E-state index in [1.165, 1.54) is 12.7 Å². The molecule has 0 unspecified atom stereocenters. The normalized spacial score (nSPS) is 21.5. The summed E-state index contributed by atoms with van der Waals surface area (Å²) in [4.78, 5) is 20.3. The molecular weight excluding hydrogens is 242 g/mol. The molecule has 1 spiro atoms. The van der Waals surface area contributed by atoms with E-state index in [2.05, 4.69) is 16.9 Å². The summed E-state index contributed by atoms with van der Waals surface area (Å²) in [6.45, 7) is 2.83. The molecule has 0 radical (unpaired) electrons. The van der Waals surface area contributed by atoms with Crippen molar-refractivity contribution in [3.05, 3.63) is 24.0 Å². The second-order valence-electron chi connectivity index (χ2n) is 5.53. The van der Waals surface area contributed by atoms with Gasteiger partial charge in [-0.05, 0) is 39.0 Å². The van der Waals surface area contributed by atoms with Gasteiger partial charge in [-0.1, -0.05) is 0 Å². The Morgan fingerprint density at radius 2 is 2.16 bits per heavy atom. The quantitative estimate of drug-likeness (QED) is 0.712. The first-order valence-corrected chi connectivity index (χ1v) is 6.65. The number of hydrogen-bond donors (Lipinski definition) is 0. The highest BCUT2D eigenvalue weighted by atomic mass is 16.5. The van der Waals surface area contributed by atoms with Gasteiger partial charge in [0.05, 0.1) is 12.8 Å². The van der Waals surface area contributed by atoms with Crippen molar-refractivity contribution in [1.29, 1.82) is 0 Å². The highest BCUT2D eigenvalue weighted by Crippen LogP contribution is 2.46. The molecule has 1 aromatic rings. The molecule has 0 atom stereocenters. The van der Waals surface area contributed by atoms with Crippen LogP contribution >= 0.6 is 0 Å². The fourth-order valence-corrected chi connectivity index (χ4v) is 3.25. The standard InChI is InChI=1S/C14H19N3O2/c1-16-7-4-14(5-8-16)10-17(13(18)19-2)12-3-6-15-9-11(12)14/h3,6,9H,4-5,7-8,10H2,1-2H3. The Hall–Kier alpha value is -1.62. The van der Waals surface area contributed by atoms with Gasteiger partial charge in [0.25, 0.3) is 0 Å². The fourth-order valence-electron chi connectivity index (χ4n) is 3.25. The average molecular weight is 261 g/mol. The third kappa shape index (κ3) is 1.89. The van der Waals surface area contributed by atoms with Crippen molar-refractivity contribution in [1.82, 2.24) is 9.88 Å². The van der Waals surface area contributed by atoms with Crippen LogP contribution in [0.15, 0.2) is 18.5 Å². The van der Waals surface area contributed by atoms with Gasteiger partial charge in [0.2, 0.25) is 0 Å². The third-order valence-corrected chi connectivity index (χ3v) is 4.46. The first-order chi connectivity index (χ1) is 9.16. The molecular formula is C14H19N3O2. The molecule has 3 rings (SSSR count). The minimum absolute atomic E-state index is 0.0598. The van der Waals surface area contributed by atoms with Crippen molar-refractivity contribution in [3.63, 3.8) is 0 Å². The summed E-state index contributed by atoms with van der Waals surface area (Å²) in [7, 11) is 3.58. The number of pyridine rings is 1. The second kappa shape index (κ2) is 4.49. The number of amides is 1. The largest absolute Gasteiger partial charge is 0.452 e. The van der Waals surface area contributed by atoms with Gasteiger partial charge in [0.15, 0.2) is 0 Å². The smallest absolute Gasteiger partial charge is 0.414 e.